The number of rotatable bonds is 5. The van der Waals surface area contributed by atoms with Gasteiger partial charge >= 0.3 is 0 Å². The molecule has 0 amide bonds. The molecule has 0 aliphatic carbocycles. The van der Waals surface area contributed by atoms with Gasteiger partial charge < -0.3 is 21.3 Å². The Bertz CT molecular complexity index is 279. The lowest BCUT2D eigenvalue weighted by molar-refractivity contribution is 0.0450. The maximum absolute atomic E-state index is 8.73. The summed E-state index contributed by atoms with van der Waals surface area (Å²) in [6, 6.07) is 0. The molecule has 1 aromatic heterocycles. The number of nitrogens with zero attached hydrogens (tertiary/aromatic N) is 3. The molecule has 0 aliphatic rings. The Morgan fingerprint density at radius 3 is 2.29 bits per heavy atom. The zero-order valence-electron chi connectivity index (χ0n) is 10.3. The maximum atomic E-state index is 8.73. The van der Waals surface area contributed by atoms with Crippen LogP contribution in [0.5, 0.6) is 0 Å². The number of nitrogens with two attached hydrogens (primary N) is 2. The first-order chi connectivity index (χ1) is 8.06. The minimum Gasteiger partial charge on any atom is -0.391 e. The van der Waals surface area contributed by atoms with Gasteiger partial charge in [0.05, 0.1) is 12.7 Å². The molecule has 1 heterocycles. The first kappa shape index (κ1) is 15.5. The van der Waals surface area contributed by atoms with Gasteiger partial charge in [0.25, 0.3) is 0 Å². The van der Waals surface area contributed by atoms with Crippen molar-refractivity contribution in [2.75, 3.05) is 24.7 Å². The lowest BCUT2D eigenvalue weighted by Gasteiger charge is -2.03. The predicted molar refractivity (Wildman–Crippen MR) is 66.1 cm³/mol. The summed E-state index contributed by atoms with van der Waals surface area (Å²) in [4.78, 5) is 10.5. The highest BCUT2D eigenvalue weighted by molar-refractivity contribution is 5.22. The quantitative estimate of drug-likeness (QED) is 0.632. The molecule has 1 unspecified atom stereocenters. The van der Waals surface area contributed by atoms with E-state index in [2.05, 4.69) is 21.9 Å². The zero-order valence-corrected chi connectivity index (χ0v) is 10.3. The molecule has 0 spiro atoms. The van der Waals surface area contributed by atoms with E-state index in [1.54, 1.807) is 6.92 Å². The average molecular weight is 243 g/mol. The lowest BCUT2D eigenvalue weighted by Crippen LogP contribution is -2.10. The summed E-state index contributed by atoms with van der Waals surface area (Å²) < 4.78 is 5.09. The van der Waals surface area contributed by atoms with Crippen LogP contribution in [0.2, 0.25) is 0 Å². The number of hydrogen-bond donors (Lipinski definition) is 3. The second-order valence-corrected chi connectivity index (χ2v) is 3.48. The largest absolute Gasteiger partial charge is 0.391 e. The highest BCUT2D eigenvalue weighted by Crippen LogP contribution is 1.89. The van der Waals surface area contributed by atoms with Gasteiger partial charge in [0, 0.05) is 6.61 Å². The van der Waals surface area contributed by atoms with E-state index < -0.39 is 0 Å². The van der Waals surface area contributed by atoms with Gasteiger partial charge in [-0.15, -0.1) is 0 Å². The Morgan fingerprint density at radius 1 is 1.35 bits per heavy atom. The van der Waals surface area contributed by atoms with E-state index in [1.807, 2.05) is 0 Å². The van der Waals surface area contributed by atoms with E-state index in [1.165, 1.54) is 6.33 Å². The van der Waals surface area contributed by atoms with E-state index in [-0.39, 0.29) is 18.0 Å². The SMILES string of the molecule is CCCCOCC(C)O.Nc1ncnc(N)n1. The van der Waals surface area contributed by atoms with E-state index in [9.17, 15) is 0 Å². The van der Waals surface area contributed by atoms with Gasteiger partial charge in [-0.1, -0.05) is 13.3 Å². The molecule has 0 radical (unpaired) electrons. The van der Waals surface area contributed by atoms with E-state index >= 15 is 0 Å². The summed E-state index contributed by atoms with van der Waals surface area (Å²) in [5, 5.41) is 8.73. The molecular formula is C10H21N5O2. The number of aromatic nitrogens is 3. The fourth-order valence-electron chi connectivity index (χ4n) is 0.823. The number of unbranched alkanes of at least 4 members (excludes halogenated alkanes) is 1. The maximum Gasteiger partial charge on any atom is 0.224 e. The van der Waals surface area contributed by atoms with Gasteiger partial charge in [0.15, 0.2) is 0 Å². The summed E-state index contributed by atoms with van der Waals surface area (Å²) in [7, 11) is 0. The summed E-state index contributed by atoms with van der Waals surface area (Å²) in [5.41, 5.74) is 10.2. The van der Waals surface area contributed by atoms with Gasteiger partial charge in [-0.05, 0) is 13.3 Å². The Morgan fingerprint density at radius 2 is 1.94 bits per heavy atom. The van der Waals surface area contributed by atoms with Gasteiger partial charge in [-0.3, -0.25) is 0 Å². The van der Waals surface area contributed by atoms with E-state index in [0.717, 1.165) is 19.4 Å². The van der Waals surface area contributed by atoms with Crippen molar-refractivity contribution in [2.24, 2.45) is 0 Å². The molecule has 1 aromatic rings. The average Bonchev–Trinajstić information content (AvgIpc) is 2.25. The standard InChI is InChI=1S/C7H16O2.C3H5N5/c1-3-4-5-9-6-7(2)8;4-2-6-1-7-3(5)8-2/h7-8H,3-6H2,1-2H3;1H,(H4,4,5,6,7,8). The van der Waals surface area contributed by atoms with Crippen molar-refractivity contribution in [3.8, 4) is 0 Å². The van der Waals surface area contributed by atoms with Crippen molar-refractivity contribution < 1.29 is 9.84 Å². The van der Waals surface area contributed by atoms with Crippen LogP contribution in [0.25, 0.3) is 0 Å². The first-order valence-corrected chi connectivity index (χ1v) is 5.52. The molecule has 0 saturated carbocycles. The summed E-state index contributed by atoms with van der Waals surface area (Å²) in [6.07, 6.45) is 3.19. The third-order valence-electron chi connectivity index (χ3n) is 1.61. The Balaban J connectivity index is 0.000000302. The molecule has 98 valence electrons. The Labute approximate surface area is 101 Å². The molecule has 0 bridgehead atoms. The van der Waals surface area contributed by atoms with Gasteiger partial charge in [0.2, 0.25) is 11.9 Å². The predicted octanol–water partition coefficient (Wildman–Crippen LogP) is 0.220. The summed E-state index contributed by atoms with van der Waals surface area (Å²) in [6.45, 7) is 5.10. The number of aliphatic hydroxyl groups excluding tert-OH is 1. The van der Waals surface area contributed by atoms with Crippen LogP contribution in [0, 0.1) is 0 Å². The third kappa shape index (κ3) is 10.8. The van der Waals surface area contributed by atoms with Crippen LogP contribution >= 0.6 is 0 Å². The molecule has 0 aromatic carbocycles. The minimum atomic E-state index is -0.318. The fraction of sp³-hybridized carbons (Fsp3) is 0.700. The normalized spacial score (nSPS) is 11.5. The minimum absolute atomic E-state index is 0.150. The van der Waals surface area contributed by atoms with Crippen molar-refractivity contribution in [1.29, 1.82) is 0 Å². The van der Waals surface area contributed by atoms with E-state index in [4.69, 9.17) is 21.3 Å². The van der Waals surface area contributed by atoms with Gasteiger partial charge in [-0.25, -0.2) is 9.97 Å². The number of anilines is 2. The van der Waals surface area contributed by atoms with E-state index in [0.29, 0.717) is 6.61 Å². The van der Waals surface area contributed by atoms with Crippen LogP contribution in [0.4, 0.5) is 11.9 Å². The van der Waals surface area contributed by atoms with Crippen LogP contribution in [0.1, 0.15) is 26.7 Å². The van der Waals surface area contributed by atoms with Crippen molar-refractivity contribution in [2.45, 2.75) is 32.8 Å². The Kier molecular flexibility index (Phi) is 8.89. The topological polar surface area (TPSA) is 120 Å². The summed E-state index contributed by atoms with van der Waals surface area (Å²) in [5.74, 6) is 0.301. The van der Waals surface area contributed by atoms with Crippen molar-refractivity contribution >= 4 is 11.9 Å². The lowest BCUT2D eigenvalue weighted by atomic mass is 10.4. The van der Waals surface area contributed by atoms with Gasteiger partial charge in [-0.2, -0.15) is 4.98 Å². The molecule has 5 N–H and O–H groups in total. The number of aliphatic hydroxyl groups is 1. The molecular weight excluding hydrogens is 222 g/mol. The molecule has 1 atom stereocenters. The first-order valence-electron chi connectivity index (χ1n) is 5.52. The van der Waals surface area contributed by atoms with Crippen molar-refractivity contribution in [3.05, 3.63) is 6.33 Å². The van der Waals surface area contributed by atoms with Gasteiger partial charge in [0.1, 0.15) is 6.33 Å². The number of hydrogen-bond acceptors (Lipinski definition) is 7. The van der Waals surface area contributed by atoms with Crippen LogP contribution < -0.4 is 11.5 Å². The van der Waals surface area contributed by atoms with Crippen LogP contribution in [-0.2, 0) is 4.74 Å². The molecule has 1 rings (SSSR count). The molecule has 17 heavy (non-hydrogen) atoms. The second kappa shape index (κ2) is 9.73. The van der Waals surface area contributed by atoms with Crippen molar-refractivity contribution in [3.63, 3.8) is 0 Å². The van der Waals surface area contributed by atoms with Crippen molar-refractivity contribution in [1.82, 2.24) is 15.0 Å². The molecule has 0 fully saturated rings. The van der Waals surface area contributed by atoms with Crippen LogP contribution in [-0.4, -0.2) is 39.4 Å². The highest BCUT2D eigenvalue weighted by Gasteiger charge is 1.92. The van der Waals surface area contributed by atoms with Crippen LogP contribution in [0.15, 0.2) is 6.33 Å². The second-order valence-electron chi connectivity index (χ2n) is 3.48. The molecule has 0 saturated heterocycles. The Hall–Kier alpha value is -1.47. The van der Waals surface area contributed by atoms with Crippen LogP contribution in [0.3, 0.4) is 0 Å². The third-order valence-corrected chi connectivity index (χ3v) is 1.61. The monoisotopic (exact) mass is 243 g/mol. The highest BCUT2D eigenvalue weighted by atomic mass is 16.5. The molecule has 7 nitrogen and oxygen atoms in total. The molecule has 0 aliphatic heterocycles. The number of nitrogen functional groups attached to an aromatic ring is 2. The smallest absolute Gasteiger partial charge is 0.224 e. The molecule has 7 heteroatoms. The fourth-order valence-corrected chi connectivity index (χ4v) is 0.823. The number of ether oxygens (including phenoxy) is 1. The zero-order chi connectivity index (χ0) is 13.1. The summed E-state index contributed by atoms with van der Waals surface area (Å²) >= 11 is 0.